The largest absolute Gasteiger partial charge is 0.298 e. The van der Waals surface area contributed by atoms with Crippen molar-refractivity contribution < 1.29 is 14.4 Å². The monoisotopic (exact) mass is 475 g/mol. The first-order valence-corrected chi connectivity index (χ1v) is 12.8. The highest BCUT2D eigenvalue weighted by molar-refractivity contribution is 6.34. The minimum atomic E-state index is -1.04. The second-order valence-electron chi connectivity index (χ2n) is 10.3. The van der Waals surface area contributed by atoms with E-state index in [1.165, 1.54) is 4.90 Å². The van der Waals surface area contributed by atoms with Gasteiger partial charge in [-0.15, -0.1) is 0 Å². The van der Waals surface area contributed by atoms with Crippen LogP contribution in [0.15, 0.2) is 84.9 Å². The number of anilines is 1. The van der Waals surface area contributed by atoms with E-state index in [0.29, 0.717) is 18.5 Å². The summed E-state index contributed by atoms with van der Waals surface area (Å²) in [5.74, 6) is -1.87. The minimum Gasteiger partial charge on any atom is -0.298 e. The van der Waals surface area contributed by atoms with Crippen LogP contribution in [0, 0.1) is 29.6 Å². The molecule has 4 heteroatoms. The predicted octanol–water partition coefficient (Wildman–Crippen LogP) is 6.10. The number of Topliss-reactive ketones (excluding diaryl/α,β-unsaturated/α-hetero) is 1. The van der Waals surface area contributed by atoms with Crippen molar-refractivity contribution in [3.8, 4) is 0 Å². The first kappa shape index (κ1) is 22.7. The summed E-state index contributed by atoms with van der Waals surface area (Å²) in [5.41, 5.74) is 3.32. The van der Waals surface area contributed by atoms with E-state index in [1.807, 2.05) is 106 Å². The standard InChI is InChI=1S/C32H29NO3/c1-4-31-24(21-12-8-6-9-13-21)25(22-14-10-7-11-15-22)32(5-2,30(31)36)27-26(31)28(34)33(29(27)35)23-18-16-20(3)17-19-23/h6-19,26-27H,4-5H2,1-3H3/t26-,27+,31-,32+. The Morgan fingerprint density at radius 2 is 1.06 bits per heavy atom. The number of rotatable bonds is 5. The topological polar surface area (TPSA) is 54.5 Å². The number of ketones is 1. The maximum atomic E-state index is 14.7. The molecule has 0 radical (unpaired) electrons. The zero-order valence-electron chi connectivity index (χ0n) is 20.8. The molecular weight excluding hydrogens is 446 g/mol. The SMILES string of the molecule is CC[C@]12C(=O)[C@](CC)(C(c3ccccc3)=C1c1ccccc1)[C@H]1C(=O)N(c3ccc(C)cc3)C(=O)[C@H]12. The highest BCUT2D eigenvalue weighted by Gasteiger charge is 2.80. The summed E-state index contributed by atoms with van der Waals surface area (Å²) in [5, 5.41) is 0. The summed E-state index contributed by atoms with van der Waals surface area (Å²) in [6, 6.07) is 27.4. The lowest BCUT2D eigenvalue weighted by Gasteiger charge is -2.38. The van der Waals surface area contributed by atoms with Crippen LogP contribution in [0.25, 0.3) is 11.1 Å². The van der Waals surface area contributed by atoms with Crippen molar-refractivity contribution in [1.29, 1.82) is 0 Å². The molecule has 4 atom stereocenters. The van der Waals surface area contributed by atoms with Gasteiger partial charge in [0.25, 0.3) is 0 Å². The first-order valence-electron chi connectivity index (χ1n) is 12.8. The third-order valence-electron chi connectivity index (χ3n) is 8.85. The summed E-state index contributed by atoms with van der Waals surface area (Å²) in [6.45, 7) is 5.96. The highest BCUT2D eigenvalue weighted by atomic mass is 16.2. The molecule has 0 unspecified atom stereocenters. The molecule has 1 saturated carbocycles. The van der Waals surface area contributed by atoms with E-state index in [4.69, 9.17) is 0 Å². The fourth-order valence-corrected chi connectivity index (χ4v) is 7.40. The molecule has 0 N–H and O–H groups in total. The number of carbonyl (C=O) groups is 3. The Morgan fingerprint density at radius 3 is 1.44 bits per heavy atom. The molecule has 4 nitrogen and oxygen atoms in total. The highest BCUT2D eigenvalue weighted by Crippen LogP contribution is 2.75. The number of hydrogen-bond donors (Lipinski definition) is 0. The van der Waals surface area contributed by atoms with Crippen LogP contribution in [-0.4, -0.2) is 17.6 Å². The molecule has 2 aliphatic carbocycles. The smallest absolute Gasteiger partial charge is 0.239 e. The quantitative estimate of drug-likeness (QED) is 0.419. The Kier molecular flexibility index (Phi) is 4.95. The van der Waals surface area contributed by atoms with Gasteiger partial charge in [0.2, 0.25) is 11.8 Å². The third-order valence-corrected chi connectivity index (χ3v) is 8.85. The zero-order valence-corrected chi connectivity index (χ0v) is 20.8. The molecule has 3 aliphatic rings. The minimum absolute atomic E-state index is 0.0398. The summed E-state index contributed by atoms with van der Waals surface area (Å²) >= 11 is 0. The maximum Gasteiger partial charge on any atom is 0.239 e. The van der Waals surface area contributed by atoms with Gasteiger partial charge in [-0.25, -0.2) is 4.90 Å². The number of amides is 2. The van der Waals surface area contributed by atoms with Gasteiger partial charge in [0.05, 0.1) is 28.4 Å². The zero-order chi connectivity index (χ0) is 25.2. The Bertz CT molecular complexity index is 1340. The average Bonchev–Trinajstić information content (AvgIpc) is 3.41. The lowest BCUT2D eigenvalue weighted by Crippen LogP contribution is -2.41. The molecular formula is C32H29NO3. The molecule has 2 fully saturated rings. The molecule has 180 valence electrons. The van der Waals surface area contributed by atoms with Crippen molar-refractivity contribution >= 4 is 34.4 Å². The number of allylic oxidation sites excluding steroid dienone is 2. The summed E-state index contributed by atoms with van der Waals surface area (Å²) in [7, 11) is 0. The molecule has 1 heterocycles. The molecule has 0 spiro atoms. The van der Waals surface area contributed by atoms with Crippen LogP contribution < -0.4 is 4.90 Å². The normalized spacial score (nSPS) is 28.9. The van der Waals surface area contributed by atoms with Gasteiger partial charge in [-0.2, -0.15) is 0 Å². The summed E-state index contributed by atoms with van der Waals surface area (Å²) in [4.78, 5) is 44.4. The first-order chi connectivity index (χ1) is 17.4. The van der Waals surface area contributed by atoms with Gasteiger partial charge < -0.3 is 0 Å². The molecule has 1 aliphatic heterocycles. The Balaban J connectivity index is 1.67. The van der Waals surface area contributed by atoms with E-state index in [1.54, 1.807) is 0 Å². The lowest BCUT2D eigenvalue weighted by molar-refractivity contribution is -0.134. The second kappa shape index (κ2) is 7.86. The van der Waals surface area contributed by atoms with Crippen molar-refractivity contribution in [3.63, 3.8) is 0 Å². The Hall–Kier alpha value is -3.79. The molecule has 0 aromatic heterocycles. The number of imide groups is 1. The van der Waals surface area contributed by atoms with Gasteiger partial charge in [-0.05, 0) is 54.2 Å². The van der Waals surface area contributed by atoms with Crippen LogP contribution in [0.4, 0.5) is 5.69 Å². The summed E-state index contributed by atoms with van der Waals surface area (Å²) in [6.07, 6.45) is 0.937. The van der Waals surface area contributed by atoms with Gasteiger partial charge in [0.1, 0.15) is 0 Å². The van der Waals surface area contributed by atoms with Crippen molar-refractivity contribution in [2.45, 2.75) is 33.6 Å². The van der Waals surface area contributed by atoms with Gasteiger partial charge >= 0.3 is 0 Å². The molecule has 36 heavy (non-hydrogen) atoms. The van der Waals surface area contributed by atoms with E-state index in [2.05, 4.69) is 0 Å². The lowest BCUT2D eigenvalue weighted by atomic mass is 9.60. The van der Waals surface area contributed by atoms with E-state index in [0.717, 1.165) is 27.8 Å². The van der Waals surface area contributed by atoms with Crippen molar-refractivity contribution in [2.24, 2.45) is 22.7 Å². The van der Waals surface area contributed by atoms with Gasteiger partial charge in [0, 0.05) is 0 Å². The second-order valence-corrected chi connectivity index (χ2v) is 10.3. The van der Waals surface area contributed by atoms with E-state index >= 15 is 0 Å². The van der Waals surface area contributed by atoms with Crippen molar-refractivity contribution in [3.05, 3.63) is 102 Å². The number of carbonyl (C=O) groups excluding carboxylic acids is 3. The number of aryl methyl sites for hydroxylation is 1. The van der Waals surface area contributed by atoms with Crippen LogP contribution in [0.2, 0.25) is 0 Å². The predicted molar refractivity (Wildman–Crippen MR) is 141 cm³/mol. The molecule has 1 saturated heterocycles. The van der Waals surface area contributed by atoms with Gasteiger partial charge in [-0.1, -0.05) is 92.2 Å². The number of fused-ring (bicyclic) bond motifs is 5. The Labute approximate surface area is 211 Å². The van der Waals surface area contributed by atoms with E-state index in [-0.39, 0.29) is 17.6 Å². The van der Waals surface area contributed by atoms with Crippen LogP contribution in [-0.2, 0) is 14.4 Å². The fraction of sp³-hybridized carbons (Fsp3) is 0.281. The van der Waals surface area contributed by atoms with Crippen LogP contribution >= 0.6 is 0 Å². The van der Waals surface area contributed by atoms with Crippen LogP contribution in [0.5, 0.6) is 0 Å². The van der Waals surface area contributed by atoms with E-state index < -0.39 is 22.7 Å². The third kappa shape index (κ3) is 2.57. The molecule has 2 bridgehead atoms. The average molecular weight is 476 g/mol. The number of benzene rings is 3. The van der Waals surface area contributed by atoms with Crippen LogP contribution in [0.3, 0.4) is 0 Å². The molecule has 3 aromatic carbocycles. The number of nitrogens with zero attached hydrogens (tertiary/aromatic N) is 1. The number of hydrogen-bond acceptors (Lipinski definition) is 3. The van der Waals surface area contributed by atoms with Crippen LogP contribution in [0.1, 0.15) is 43.4 Å². The molecule has 6 rings (SSSR count). The van der Waals surface area contributed by atoms with Gasteiger partial charge in [0.15, 0.2) is 5.78 Å². The maximum absolute atomic E-state index is 14.7. The van der Waals surface area contributed by atoms with Gasteiger partial charge in [-0.3, -0.25) is 14.4 Å². The fourth-order valence-electron chi connectivity index (χ4n) is 7.40. The Morgan fingerprint density at radius 1 is 0.639 bits per heavy atom. The molecule has 3 aromatic rings. The van der Waals surface area contributed by atoms with E-state index in [9.17, 15) is 14.4 Å². The van der Waals surface area contributed by atoms with Crippen molar-refractivity contribution in [1.82, 2.24) is 0 Å². The van der Waals surface area contributed by atoms with Crippen molar-refractivity contribution in [2.75, 3.05) is 4.90 Å². The molecule has 2 amide bonds. The summed E-state index contributed by atoms with van der Waals surface area (Å²) < 4.78 is 0.